The molecule has 0 bridgehead atoms. The van der Waals surface area contributed by atoms with Gasteiger partial charge in [0.1, 0.15) is 23.2 Å². The standard InChI is InChI=1S/C36H46N6O8/c1-35(2,3)50-34(47)40-36(4,5)33(46)39-27(23-49-22-24-14-9-7-10-15-24)30(43)38-26-20-37-42(21-26)29(25-16-11-8-12-17-25)31(44)41-19-13-18-28(41)32(45)48-6/h7-12,14-17,20-21,27-29H,13,18-19,22-23H2,1-6H3,(H,38,43)(H,39,46)(H,40,47). The lowest BCUT2D eigenvalue weighted by atomic mass is 10.0. The number of likely N-dealkylation sites (tertiary alicyclic amines) is 1. The summed E-state index contributed by atoms with van der Waals surface area (Å²) in [6.45, 7) is 8.46. The molecule has 2 aromatic carbocycles. The van der Waals surface area contributed by atoms with E-state index in [4.69, 9.17) is 14.2 Å². The zero-order chi connectivity index (χ0) is 36.5. The van der Waals surface area contributed by atoms with E-state index in [0.29, 0.717) is 24.9 Å². The first-order valence-electron chi connectivity index (χ1n) is 16.4. The quantitative estimate of drug-likeness (QED) is 0.227. The van der Waals surface area contributed by atoms with Crippen molar-refractivity contribution >= 4 is 35.5 Å². The van der Waals surface area contributed by atoms with Crippen molar-refractivity contribution in [2.75, 3.05) is 25.6 Å². The van der Waals surface area contributed by atoms with Crippen LogP contribution in [0.15, 0.2) is 73.1 Å². The van der Waals surface area contributed by atoms with Crippen LogP contribution in [-0.4, -0.2) is 87.9 Å². The highest BCUT2D eigenvalue weighted by atomic mass is 16.6. The van der Waals surface area contributed by atoms with Gasteiger partial charge in [-0.1, -0.05) is 60.7 Å². The SMILES string of the molecule is COC(=O)C1CCCN1C(=O)C(c1ccccc1)n1cc(NC(=O)C(COCc2ccccc2)NC(=O)C(C)(C)NC(=O)OC(C)(C)C)cn1. The molecular formula is C36H46N6O8. The number of carbonyl (C=O) groups is 5. The van der Waals surface area contributed by atoms with E-state index in [1.165, 1.54) is 42.9 Å². The van der Waals surface area contributed by atoms with Crippen LogP contribution in [0.4, 0.5) is 10.5 Å². The third-order valence-corrected chi connectivity index (χ3v) is 7.89. The fourth-order valence-electron chi connectivity index (χ4n) is 5.39. The summed E-state index contributed by atoms with van der Waals surface area (Å²) in [7, 11) is 1.29. The summed E-state index contributed by atoms with van der Waals surface area (Å²) in [6.07, 6.45) is 3.25. The molecule has 4 amide bonds. The monoisotopic (exact) mass is 690 g/mol. The first kappa shape index (κ1) is 37.6. The average molecular weight is 691 g/mol. The summed E-state index contributed by atoms with van der Waals surface area (Å²) >= 11 is 0. The molecule has 3 aromatic rings. The minimum atomic E-state index is -1.45. The maximum atomic E-state index is 14.0. The van der Waals surface area contributed by atoms with Crippen molar-refractivity contribution in [2.24, 2.45) is 0 Å². The third kappa shape index (κ3) is 10.1. The number of nitrogens with zero attached hydrogens (tertiary/aromatic N) is 3. The summed E-state index contributed by atoms with van der Waals surface area (Å²) < 4.78 is 17.5. The van der Waals surface area contributed by atoms with Gasteiger partial charge in [0.15, 0.2) is 6.04 Å². The van der Waals surface area contributed by atoms with Crippen molar-refractivity contribution in [3.8, 4) is 0 Å². The van der Waals surface area contributed by atoms with Crippen LogP contribution in [-0.2, 0) is 40.0 Å². The van der Waals surface area contributed by atoms with Crippen LogP contribution in [0.25, 0.3) is 0 Å². The molecular weight excluding hydrogens is 644 g/mol. The van der Waals surface area contributed by atoms with Gasteiger partial charge in [-0.3, -0.25) is 19.1 Å². The number of esters is 1. The second-order valence-electron chi connectivity index (χ2n) is 13.5. The van der Waals surface area contributed by atoms with E-state index in [0.717, 1.165) is 5.56 Å². The average Bonchev–Trinajstić information content (AvgIpc) is 3.74. The first-order chi connectivity index (χ1) is 23.7. The first-order valence-corrected chi connectivity index (χ1v) is 16.4. The van der Waals surface area contributed by atoms with Crippen LogP contribution in [0.3, 0.4) is 0 Å². The largest absolute Gasteiger partial charge is 0.467 e. The van der Waals surface area contributed by atoms with E-state index in [2.05, 4.69) is 21.0 Å². The van der Waals surface area contributed by atoms with E-state index in [-0.39, 0.29) is 24.8 Å². The highest BCUT2D eigenvalue weighted by molar-refractivity contribution is 5.99. The number of ether oxygens (including phenoxy) is 3. The van der Waals surface area contributed by atoms with Crippen molar-refractivity contribution in [2.45, 2.75) is 83.3 Å². The van der Waals surface area contributed by atoms with Crippen LogP contribution in [0.5, 0.6) is 0 Å². The van der Waals surface area contributed by atoms with Gasteiger partial charge in [-0.25, -0.2) is 9.59 Å². The maximum Gasteiger partial charge on any atom is 0.408 e. The Balaban J connectivity index is 1.53. The van der Waals surface area contributed by atoms with Crippen molar-refractivity contribution in [1.29, 1.82) is 0 Å². The normalized spacial score (nSPS) is 15.8. The molecule has 1 aromatic heterocycles. The Labute approximate surface area is 291 Å². The number of methoxy groups -OCH3 is 1. The Kier molecular flexibility index (Phi) is 12.4. The fourth-order valence-corrected chi connectivity index (χ4v) is 5.39. The number of aromatic nitrogens is 2. The summed E-state index contributed by atoms with van der Waals surface area (Å²) in [5.41, 5.74) is -0.478. The Morgan fingerprint density at radius 1 is 0.960 bits per heavy atom. The highest BCUT2D eigenvalue weighted by Gasteiger charge is 2.39. The Morgan fingerprint density at radius 3 is 2.26 bits per heavy atom. The van der Waals surface area contributed by atoms with Gasteiger partial charge in [0.05, 0.1) is 32.2 Å². The third-order valence-electron chi connectivity index (χ3n) is 7.89. The number of hydrogen-bond acceptors (Lipinski definition) is 9. The zero-order valence-corrected chi connectivity index (χ0v) is 29.3. The number of hydrogen-bond donors (Lipinski definition) is 3. The lowest BCUT2D eigenvalue weighted by molar-refractivity contribution is -0.151. The van der Waals surface area contributed by atoms with E-state index < -0.39 is 53.1 Å². The van der Waals surface area contributed by atoms with E-state index >= 15 is 0 Å². The predicted molar refractivity (Wildman–Crippen MR) is 184 cm³/mol. The number of anilines is 1. The molecule has 1 fully saturated rings. The van der Waals surface area contributed by atoms with Crippen LogP contribution >= 0.6 is 0 Å². The Hall–Kier alpha value is -5.24. The van der Waals surface area contributed by atoms with E-state index in [1.54, 1.807) is 45.0 Å². The molecule has 0 aliphatic carbocycles. The molecule has 1 saturated heterocycles. The number of carbonyl (C=O) groups excluding carboxylic acids is 5. The smallest absolute Gasteiger partial charge is 0.408 e. The summed E-state index contributed by atoms with van der Waals surface area (Å²) in [5, 5.41) is 12.4. The van der Waals surface area contributed by atoms with Gasteiger partial charge in [-0.05, 0) is 58.6 Å². The van der Waals surface area contributed by atoms with Crippen molar-refractivity contribution in [1.82, 2.24) is 25.3 Å². The molecule has 3 N–H and O–H groups in total. The Morgan fingerprint density at radius 2 is 1.62 bits per heavy atom. The number of alkyl carbamates (subject to hydrolysis) is 1. The van der Waals surface area contributed by atoms with Crippen molar-refractivity contribution < 1.29 is 38.2 Å². The highest BCUT2D eigenvalue weighted by Crippen LogP contribution is 2.27. The van der Waals surface area contributed by atoms with Gasteiger partial charge < -0.3 is 35.1 Å². The van der Waals surface area contributed by atoms with Gasteiger partial charge in [0.25, 0.3) is 5.91 Å². The minimum absolute atomic E-state index is 0.182. The summed E-state index contributed by atoms with van der Waals surface area (Å²) in [5.74, 6) is -2.10. The molecule has 14 heteroatoms. The van der Waals surface area contributed by atoms with Crippen molar-refractivity contribution in [3.05, 3.63) is 84.2 Å². The van der Waals surface area contributed by atoms with E-state index in [1.807, 2.05) is 36.4 Å². The van der Waals surface area contributed by atoms with Crippen LogP contribution in [0.1, 0.15) is 64.6 Å². The number of amides is 4. The maximum absolute atomic E-state index is 14.0. The predicted octanol–water partition coefficient (Wildman–Crippen LogP) is 3.58. The summed E-state index contributed by atoms with van der Waals surface area (Å²) in [6, 6.07) is 15.5. The molecule has 1 aliphatic rings. The second kappa shape index (κ2) is 16.4. The second-order valence-corrected chi connectivity index (χ2v) is 13.5. The Bertz CT molecular complexity index is 1640. The number of rotatable bonds is 13. The van der Waals surface area contributed by atoms with Crippen LogP contribution in [0, 0.1) is 0 Å². The molecule has 268 valence electrons. The topological polar surface area (TPSA) is 170 Å². The zero-order valence-electron chi connectivity index (χ0n) is 29.3. The molecule has 0 spiro atoms. The lowest BCUT2D eigenvalue weighted by Crippen LogP contribution is -2.59. The van der Waals surface area contributed by atoms with E-state index in [9.17, 15) is 24.0 Å². The van der Waals surface area contributed by atoms with Crippen molar-refractivity contribution in [3.63, 3.8) is 0 Å². The van der Waals surface area contributed by atoms with Gasteiger partial charge in [-0.15, -0.1) is 0 Å². The minimum Gasteiger partial charge on any atom is -0.467 e. The molecule has 3 atom stereocenters. The van der Waals surface area contributed by atoms with Gasteiger partial charge in [0.2, 0.25) is 11.8 Å². The molecule has 1 aliphatic heterocycles. The molecule has 50 heavy (non-hydrogen) atoms. The summed E-state index contributed by atoms with van der Waals surface area (Å²) in [4.78, 5) is 67.5. The van der Waals surface area contributed by atoms with Crippen LogP contribution < -0.4 is 16.0 Å². The molecule has 0 radical (unpaired) electrons. The fraction of sp³-hybridized carbons (Fsp3) is 0.444. The van der Waals surface area contributed by atoms with Gasteiger partial charge in [-0.2, -0.15) is 5.10 Å². The van der Waals surface area contributed by atoms with Crippen LogP contribution in [0.2, 0.25) is 0 Å². The molecule has 2 heterocycles. The number of benzene rings is 2. The molecule has 4 rings (SSSR count). The van der Waals surface area contributed by atoms with Gasteiger partial charge in [0, 0.05) is 12.7 Å². The number of nitrogens with one attached hydrogen (secondary N) is 3. The molecule has 14 nitrogen and oxygen atoms in total. The molecule has 0 saturated carbocycles. The molecule has 3 unspecified atom stereocenters. The van der Waals surface area contributed by atoms with Gasteiger partial charge >= 0.3 is 12.1 Å². The lowest BCUT2D eigenvalue weighted by Gasteiger charge is -2.29.